The maximum Gasteiger partial charge on any atom is 0.244 e. The molecule has 3 rings (SSSR count). The Kier molecular flexibility index (Phi) is 5.76. The van der Waals surface area contributed by atoms with Gasteiger partial charge in [0.15, 0.2) is 11.5 Å². The van der Waals surface area contributed by atoms with Crippen molar-refractivity contribution in [3.05, 3.63) is 42.0 Å². The second-order valence-corrected chi connectivity index (χ2v) is 7.71. The summed E-state index contributed by atoms with van der Waals surface area (Å²) in [5.41, 5.74) is 0.900. The molecule has 1 atom stereocenters. The van der Waals surface area contributed by atoms with E-state index in [1.165, 1.54) is 20.3 Å². The fraction of sp³-hybridized carbons (Fsp3) is 0.368. The molecule has 1 N–H and O–H groups in total. The van der Waals surface area contributed by atoms with E-state index in [-0.39, 0.29) is 17.3 Å². The molecule has 1 aliphatic heterocycles. The van der Waals surface area contributed by atoms with Crippen LogP contribution in [0.15, 0.2) is 41.3 Å². The third-order valence-electron chi connectivity index (χ3n) is 4.24. The van der Waals surface area contributed by atoms with E-state index in [4.69, 9.17) is 18.9 Å². The van der Waals surface area contributed by atoms with Crippen LogP contribution in [0.3, 0.4) is 0 Å². The SMILES string of the molecule is CCOc1cccc2c1OC[C@@H](NS(=O)(=O)c1cc(OC)ccc1OC)C2. The Balaban J connectivity index is 1.83. The van der Waals surface area contributed by atoms with Gasteiger partial charge in [-0.3, -0.25) is 0 Å². The van der Waals surface area contributed by atoms with Crippen molar-refractivity contribution in [2.75, 3.05) is 27.4 Å². The first-order valence-corrected chi connectivity index (χ1v) is 10.1. The zero-order valence-electron chi connectivity index (χ0n) is 15.5. The highest BCUT2D eigenvalue weighted by molar-refractivity contribution is 7.89. The molecule has 1 aliphatic rings. The van der Waals surface area contributed by atoms with Crippen molar-refractivity contribution >= 4 is 10.0 Å². The molecular formula is C19H23NO6S. The van der Waals surface area contributed by atoms with Gasteiger partial charge >= 0.3 is 0 Å². The molecule has 2 aromatic carbocycles. The lowest BCUT2D eigenvalue weighted by molar-refractivity contribution is 0.233. The van der Waals surface area contributed by atoms with Gasteiger partial charge in [0.1, 0.15) is 23.0 Å². The summed E-state index contributed by atoms with van der Waals surface area (Å²) >= 11 is 0. The fourth-order valence-electron chi connectivity index (χ4n) is 3.02. The molecule has 0 spiro atoms. The van der Waals surface area contributed by atoms with E-state index in [1.54, 1.807) is 12.1 Å². The van der Waals surface area contributed by atoms with Gasteiger partial charge in [-0.15, -0.1) is 0 Å². The van der Waals surface area contributed by atoms with Crippen molar-refractivity contribution in [1.29, 1.82) is 0 Å². The maximum atomic E-state index is 12.9. The Hall–Kier alpha value is -2.45. The minimum atomic E-state index is -3.82. The van der Waals surface area contributed by atoms with Gasteiger partial charge in [0, 0.05) is 6.07 Å². The molecule has 0 saturated carbocycles. The lowest BCUT2D eigenvalue weighted by Crippen LogP contribution is -2.42. The normalized spacial score (nSPS) is 16.2. The van der Waals surface area contributed by atoms with Gasteiger partial charge in [-0.25, -0.2) is 13.1 Å². The molecule has 146 valence electrons. The molecule has 7 nitrogen and oxygen atoms in total. The highest BCUT2D eigenvalue weighted by atomic mass is 32.2. The number of hydrogen-bond donors (Lipinski definition) is 1. The summed E-state index contributed by atoms with van der Waals surface area (Å²) in [6.07, 6.45) is 0.502. The third kappa shape index (κ3) is 4.12. The Labute approximate surface area is 159 Å². The van der Waals surface area contributed by atoms with Gasteiger partial charge in [0.25, 0.3) is 0 Å². The Morgan fingerprint density at radius 2 is 1.96 bits per heavy atom. The number of para-hydroxylation sites is 1. The number of hydrogen-bond acceptors (Lipinski definition) is 6. The molecule has 0 radical (unpaired) electrons. The van der Waals surface area contributed by atoms with Crippen LogP contribution in [-0.4, -0.2) is 41.9 Å². The van der Waals surface area contributed by atoms with Gasteiger partial charge in [0.05, 0.1) is 26.9 Å². The van der Waals surface area contributed by atoms with Crippen molar-refractivity contribution in [2.45, 2.75) is 24.3 Å². The van der Waals surface area contributed by atoms with Crippen molar-refractivity contribution in [3.8, 4) is 23.0 Å². The van der Waals surface area contributed by atoms with Crippen LogP contribution in [0.25, 0.3) is 0 Å². The first-order chi connectivity index (χ1) is 13.0. The Morgan fingerprint density at radius 1 is 1.15 bits per heavy atom. The number of sulfonamides is 1. The molecule has 8 heteroatoms. The molecule has 0 aliphatic carbocycles. The zero-order chi connectivity index (χ0) is 19.4. The van der Waals surface area contributed by atoms with E-state index in [9.17, 15) is 8.42 Å². The summed E-state index contributed by atoms with van der Waals surface area (Å²) < 4.78 is 50.2. The topological polar surface area (TPSA) is 83.1 Å². The van der Waals surface area contributed by atoms with E-state index in [2.05, 4.69) is 4.72 Å². The van der Waals surface area contributed by atoms with Crippen molar-refractivity contribution in [1.82, 2.24) is 4.72 Å². The minimum absolute atomic E-state index is 0.0261. The smallest absolute Gasteiger partial charge is 0.244 e. The van der Waals surface area contributed by atoms with Crippen molar-refractivity contribution in [2.24, 2.45) is 0 Å². The van der Waals surface area contributed by atoms with Crippen LogP contribution in [-0.2, 0) is 16.4 Å². The molecular weight excluding hydrogens is 370 g/mol. The Bertz CT molecular complexity index is 912. The van der Waals surface area contributed by atoms with Crippen LogP contribution < -0.4 is 23.7 Å². The number of benzene rings is 2. The highest BCUT2D eigenvalue weighted by Gasteiger charge is 2.29. The minimum Gasteiger partial charge on any atom is -0.497 e. The summed E-state index contributed by atoms with van der Waals surface area (Å²) in [6.45, 7) is 2.65. The molecule has 0 unspecified atom stereocenters. The molecule has 0 aromatic heterocycles. The monoisotopic (exact) mass is 393 g/mol. The zero-order valence-corrected chi connectivity index (χ0v) is 16.3. The number of methoxy groups -OCH3 is 2. The van der Waals surface area contributed by atoms with Crippen LogP contribution in [0.4, 0.5) is 0 Å². The first kappa shape index (κ1) is 19.3. The number of rotatable bonds is 7. The summed E-state index contributed by atoms with van der Waals surface area (Å²) in [5, 5.41) is 0. The van der Waals surface area contributed by atoms with Crippen LogP contribution in [0, 0.1) is 0 Å². The number of ether oxygens (including phenoxy) is 4. The molecule has 0 bridgehead atoms. The quantitative estimate of drug-likeness (QED) is 0.778. The van der Waals surface area contributed by atoms with E-state index < -0.39 is 16.1 Å². The van der Waals surface area contributed by atoms with Crippen LogP contribution in [0.2, 0.25) is 0 Å². The van der Waals surface area contributed by atoms with Gasteiger partial charge in [0.2, 0.25) is 10.0 Å². The van der Waals surface area contributed by atoms with Gasteiger partial charge in [-0.2, -0.15) is 0 Å². The molecule has 0 fully saturated rings. The standard InChI is InChI=1S/C19H23NO6S/c1-4-25-17-7-5-6-13-10-14(12-26-19(13)17)20-27(21,22)18-11-15(23-2)8-9-16(18)24-3/h5-9,11,14,20H,4,10,12H2,1-3H3/t14-/m0/s1. The molecule has 2 aromatic rings. The van der Waals surface area contributed by atoms with E-state index in [0.717, 1.165) is 5.56 Å². The van der Waals surface area contributed by atoms with Crippen LogP contribution in [0.1, 0.15) is 12.5 Å². The molecule has 27 heavy (non-hydrogen) atoms. The van der Waals surface area contributed by atoms with E-state index >= 15 is 0 Å². The third-order valence-corrected chi connectivity index (χ3v) is 5.78. The molecule has 1 heterocycles. The largest absolute Gasteiger partial charge is 0.497 e. The van der Waals surface area contributed by atoms with Crippen LogP contribution >= 0.6 is 0 Å². The average Bonchev–Trinajstić information content (AvgIpc) is 2.67. The number of nitrogens with one attached hydrogen (secondary N) is 1. The van der Waals surface area contributed by atoms with E-state index in [1.807, 2.05) is 25.1 Å². The summed E-state index contributed by atoms with van der Waals surface area (Å²) in [4.78, 5) is 0.0261. The predicted molar refractivity (Wildman–Crippen MR) is 100 cm³/mol. The fourth-order valence-corrected chi connectivity index (χ4v) is 4.42. The predicted octanol–water partition coefficient (Wildman–Crippen LogP) is 2.38. The van der Waals surface area contributed by atoms with E-state index in [0.29, 0.717) is 30.3 Å². The highest BCUT2D eigenvalue weighted by Crippen LogP contribution is 2.35. The molecule has 0 saturated heterocycles. The van der Waals surface area contributed by atoms with Crippen molar-refractivity contribution in [3.63, 3.8) is 0 Å². The second-order valence-electron chi connectivity index (χ2n) is 6.03. The molecule has 0 amide bonds. The first-order valence-electron chi connectivity index (χ1n) is 8.60. The summed E-state index contributed by atoms with van der Waals surface area (Å²) in [5.74, 6) is 2.03. The summed E-state index contributed by atoms with van der Waals surface area (Å²) in [6, 6.07) is 9.86. The maximum absolute atomic E-state index is 12.9. The average molecular weight is 393 g/mol. The second kappa shape index (κ2) is 8.06. The summed E-state index contributed by atoms with van der Waals surface area (Å²) in [7, 11) is -0.918. The van der Waals surface area contributed by atoms with Gasteiger partial charge in [-0.05, 0) is 37.1 Å². The van der Waals surface area contributed by atoms with Crippen LogP contribution in [0.5, 0.6) is 23.0 Å². The lowest BCUT2D eigenvalue weighted by atomic mass is 10.0. The number of fused-ring (bicyclic) bond motifs is 1. The lowest BCUT2D eigenvalue weighted by Gasteiger charge is -2.27. The van der Waals surface area contributed by atoms with Crippen molar-refractivity contribution < 1.29 is 27.4 Å². The Morgan fingerprint density at radius 3 is 2.67 bits per heavy atom. The van der Waals surface area contributed by atoms with Gasteiger partial charge < -0.3 is 18.9 Å². The van der Waals surface area contributed by atoms with Gasteiger partial charge in [-0.1, -0.05) is 12.1 Å².